The van der Waals surface area contributed by atoms with Crippen molar-refractivity contribution in [2.24, 2.45) is 0 Å². The quantitative estimate of drug-likeness (QED) is 0.787. The molecule has 0 bridgehead atoms. The Hall–Kier alpha value is -2.04. The Labute approximate surface area is 130 Å². The number of para-hydroxylation sites is 2. The third kappa shape index (κ3) is 5.39. The molecule has 2 aromatic carbocycles. The van der Waals surface area contributed by atoms with Crippen molar-refractivity contribution in [3.63, 3.8) is 0 Å². The predicted octanol–water partition coefficient (Wildman–Crippen LogP) is 2.64. The van der Waals surface area contributed by atoms with Crippen LogP contribution in [0.4, 0.5) is 0 Å². The summed E-state index contributed by atoms with van der Waals surface area (Å²) < 4.78 is 11.1. The molecule has 0 aliphatic heterocycles. The smallest absolute Gasteiger partial charge is 0.122 e. The Morgan fingerprint density at radius 3 is 2.00 bits per heavy atom. The zero-order valence-electron chi connectivity index (χ0n) is 12.6. The highest BCUT2D eigenvalue weighted by Gasteiger charge is 2.20. The molecule has 2 rings (SSSR count). The maximum atomic E-state index is 10.1. The van der Waals surface area contributed by atoms with Crippen molar-refractivity contribution in [1.29, 1.82) is 0 Å². The SMILES string of the molecule is CC(Oc1ccccc1)C(O)CC(O)COc1ccccc1. The predicted molar refractivity (Wildman–Crippen MR) is 85.1 cm³/mol. The molecule has 118 valence electrons. The van der Waals surface area contributed by atoms with E-state index in [1.807, 2.05) is 60.7 Å². The molecule has 2 N–H and O–H groups in total. The number of hydrogen-bond acceptors (Lipinski definition) is 4. The van der Waals surface area contributed by atoms with Gasteiger partial charge in [-0.15, -0.1) is 0 Å². The van der Waals surface area contributed by atoms with Crippen LogP contribution < -0.4 is 9.47 Å². The number of aliphatic hydroxyl groups excluding tert-OH is 2. The Balaban J connectivity index is 1.74. The maximum Gasteiger partial charge on any atom is 0.122 e. The van der Waals surface area contributed by atoms with E-state index < -0.39 is 18.3 Å². The molecular weight excluding hydrogens is 280 g/mol. The number of aliphatic hydroxyl groups is 2. The van der Waals surface area contributed by atoms with Crippen LogP contribution in [0.5, 0.6) is 11.5 Å². The molecule has 22 heavy (non-hydrogen) atoms. The van der Waals surface area contributed by atoms with E-state index in [1.165, 1.54) is 0 Å². The maximum absolute atomic E-state index is 10.1. The van der Waals surface area contributed by atoms with Gasteiger partial charge >= 0.3 is 0 Å². The van der Waals surface area contributed by atoms with Gasteiger partial charge in [-0.3, -0.25) is 0 Å². The van der Waals surface area contributed by atoms with Gasteiger partial charge in [0.15, 0.2) is 0 Å². The standard InChI is InChI=1S/C18H22O4/c1-14(22-17-10-6-3-7-11-17)18(20)12-15(19)13-21-16-8-4-2-5-9-16/h2-11,14-15,18-20H,12-13H2,1H3. The van der Waals surface area contributed by atoms with Gasteiger partial charge in [0.1, 0.15) is 24.2 Å². The highest BCUT2D eigenvalue weighted by Crippen LogP contribution is 2.15. The monoisotopic (exact) mass is 302 g/mol. The summed E-state index contributed by atoms with van der Waals surface area (Å²) in [5.74, 6) is 1.40. The zero-order valence-corrected chi connectivity index (χ0v) is 12.6. The number of hydrogen-bond donors (Lipinski definition) is 2. The van der Waals surface area contributed by atoms with E-state index in [0.29, 0.717) is 11.5 Å². The van der Waals surface area contributed by atoms with Gasteiger partial charge in [0.2, 0.25) is 0 Å². The van der Waals surface area contributed by atoms with Gasteiger partial charge in [-0.1, -0.05) is 36.4 Å². The summed E-state index contributed by atoms with van der Waals surface area (Å²) in [6, 6.07) is 18.6. The van der Waals surface area contributed by atoms with Gasteiger partial charge in [0, 0.05) is 6.42 Å². The normalized spacial score (nSPS) is 14.9. The molecule has 0 saturated heterocycles. The molecule has 0 radical (unpaired) electrons. The summed E-state index contributed by atoms with van der Waals surface area (Å²) in [4.78, 5) is 0. The summed E-state index contributed by atoms with van der Waals surface area (Å²) in [5.41, 5.74) is 0. The first kappa shape index (κ1) is 16.3. The van der Waals surface area contributed by atoms with Gasteiger partial charge < -0.3 is 19.7 Å². The van der Waals surface area contributed by atoms with Gasteiger partial charge in [-0.05, 0) is 31.2 Å². The van der Waals surface area contributed by atoms with Crippen molar-refractivity contribution in [3.8, 4) is 11.5 Å². The van der Waals surface area contributed by atoms with Crippen LogP contribution in [-0.4, -0.2) is 35.1 Å². The number of rotatable bonds is 8. The molecule has 0 saturated carbocycles. The first-order chi connectivity index (χ1) is 10.6. The fourth-order valence-electron chi connectivity index (χ4n) is 2.04. The molecule has 3 unspecified atom stereocenters. The minimum absolute atomic E-state index is 0.138. The Morgan fingerprint density at radius 1 is 0.864 bits per heavy atom. The lowest BCUT2D eigenvalue weighted by atomic mass is 10.1. The topological polar surface area (TPSA) is 58.9 Å². The van der Waals surface area contributed by atoms with Gasteiger partial charge in [-0.25, -0.2) is 0 Å². The third-order valence-electron chi connectivity index (χ3n) is 3.31. The average molecular weight is 302 g/mol. The average Bonchev–Trinajstić information content (AvgIpc) is 2.55. The van der Waals surface area contributed by atoms with Crippen LogP contribution in [0.3, 0.4) is 0 Å². The Morgan fingerprint density at radius 2 is 1.41 bits per heavy atom. The van der Waals surface area contributed by atoms with Crippen LogP contribution in [0, 0.1) is 0 Å². The van der Waals surface area contributed by atoms with Crippen LogP contribution >= 0.6 is 0 Å². The van der Waals surface area contributed by atoms with Crippen molar-refractivity contribution in [2.45, 2.75) is 31.7 Å². The van der Waals surface area contributed by atoms with Crippen LogP contribution in [0.1, 0.15) is 13.3 Å². The minimum atomic E-state index is -0.769. The molecule has 3 atom stereocenters. The molecule has 0 amide bonds. The summed E-state index contributed by atoms with van der Waals surface area (Å²) >= 11 is 0. The molecule has 0 spiro atoms. The van der Waals surface area contributed by atoms with Gasteiger partial charge in [0.25, 0.3) is 0 Å². The van der Waals surface area contributed by atoms with E-state index in [-0.39, 0.29) is 13.0 Å². The fourth-order valence-corrected chi connectivity index (χ4v) is 2.04. The van der Waals surface area contributed by atoms with E-state index in [1.54, 1.807) is 6.92 Å². The number of benzene rings is 2. The lowest BCUT2D eigenvalue weighted by Crippen LogP contribution is -2.34. The summed E-state index contributed by atoms with van der Waals surface area (Å²) in [7, 11) is 0. The van der Waals surface area contributed by atoms with Crippen LogP contribution in [0.15, 0.2) is 60.7 Å². The fraction of sp³-hybridized carbons (Fsp3) is 0.333. The second-order valence-electron chi connectivity index (χ2n) is 5.22. The molecule has 4 heteroatoms. The van der Waals surface area contributed by atoms with Gasteiger partial charge in [-0.2, -0.15) is 0 Å². The molecular formula is C18H22O4. The molecule has 4 nitrogen and oxygen atoms in total. The van der Waals surface area contributed by atoms with Crippen LogP contribution in [0.2, 0.25) is 0 Å². The summed E-state index contributed by atoms with van der Waals surface area (Å²) in [6.07, 6.45) is -1.73. The van der Waals surface area contributed by atoms with E-state index >= 15 is 0 Å². The van der Waals surface area contributed by atoms with E-state index in [4.69, 9.17) is 9.47 Å². The molecule has 0 fully saturated rings. The first-order valence-corrected chi connectivity index (χ1v) is 7.41. The minimum Gasteiger partial charge on any atom is -0.491 e. The first-order valence-electron chi connectivity index (χ1n) is 7.41. The third-order valence-corrected chi connectivity index (χ3v) is 3.31. The molecule has 0 heterocycles. The van der Waals surface area contributed by atoms with Crippen molar-refractivity contribution >= 4 is 0 Å². The lowest BCUT2D eigenvalue weighted by molar-refractivity contribution is -0.00308. The highest BCUT2D eigenvalue weighted by atomic mass is 16.5. The zero-order chi connectivity index (χ0) is 15.8. The second-order valence-corrected chi connectivity index (χ2v) is 5.22. The van der Waals surface area contributed by atoms with Crippen LogP contribution in [0.25, 0.3) is 0 Å². The summed E-state index contributed by atoms with van der Waals surface area (Å²) in [6.45, 7) is 1.92. The molecule has 0 aliphatic rings. The van der Waals surface area contributed by atoms with Crippen molar-refractivity contribution < 1.29 is 19.7 Å². The van der Waals surface area contributed by atoms with E-state index in [0.717, 1.165) is 0 Å². The number of ether oxygens (including phenoxy) is 2. The highest BCUT2D eigenvalue weighted by molar-refractivity contribution is 5.21. The van der Waals surface area contributed by atoms with Crippen molar-refractivity contribution in [1.82, 2.24) is 0 Å². The van der Waals surface area contributed by atoms with Crippen molar-refractivity contribution in [3.05, 3.63) is 60.7 Å². The Kier molecular flexibility index (Phi) is 6.25. The lowest BCUT2D eigenvalue weighted by Gasteiger charge is -2.22. The largest absolute Gasteiger partial charge is 0.491 e. The molecule has 0 aromatic heterocycles. The second kappa shape index (κ2) is 8.41. The van der Waals surface area contributed by atoms with Crippen LogP contribution in [-0.2, 0) is 0 Å². The van der Waals surface area contributed by atoms with Gasteiger partial charge in [0.05, 0.1) is 12.2 Å². The van der Waals surface area contributed by atoms with E-state index in [9.17, 15) is 10.2 Å². The molecule has 2 aromatic rings. The molecule has 0 aliphatic carbocycles. The summed E-state index contributed by atoms with van der Waals surface area (Å²) in [5, 5.41) is 20.1. The van der Waals surface area contributed by atoms with Crippen molar-refractivity contribution in [2.75, 3.05) is 6.61 Å². The Bertz CT molecular complexity index is 529. The van der Waals surface area contributed by atoms with E-state index in [2.05, 4.69) is 0 Å².